The number of benzene rings is 1. The second-order valence-electron chi connectivity index (χ2n) is 5.71. The van der Waals surface area contributed by atoms with Gasteiger partial charge in [-0.1, -0.05) is 45.0 Å². The Balaban J connectivity index is 2.72. The van der Waals surface area contributed by atoms with Crippen molar-refractivity contribution in [2.24, 2.45) is 0 Å². The molecule has 0 amide bonds. The molecule has 3 heteroatoms. The van der Waals surface area contributed by atoms with Crippen LogP contribution in [-0.2, 0) is 0 Å². The molecule has 2 unspecified atom stereocenters. The van der Waals surface area contributed by atoms with E-state index < -0.39 is 0 Å². The lowest BCUT2D eigenvalue weighted by Gasteiger charge is -2.22. The molecular formula is C17H28N2S. The number of rotatable bonds is 6. The fourth-order valence-corrected chi connectivity index (χ4v) is 2.55. The number of nitrogens with one attached hydrogen (secondary N) is 2. The molecule has 0 heterocycles. The zero-order valence-corrected chi connectivity index (χ0v) is 14.2. The van der Waals surface area contributed by atoms with Crippen LogP contribution in [0.3, 0.4) is 0 Å². The van der Waals surface area contributed by atoms with Gasteiger partial charge in [-0.3, -0.25) is 0 Å². The van der Waals surface area contributed by atoms with Crippen LogP contribution in [0.5, 0.6) is 0 Å². The van der Waals surface area contributed by atoms with Gasteiger partial charge in [0.1, 0.15) is 0 Å². The van der Waals surface area contributed by atoms with Crippen LogP contribution in [-0.4, -0.2) is 11.2 Å². The molecule has 0 saturated carbocycles. The van der Waals surface area contributed by atoms with Crippen molar-refractivity contribution in [3.8, 4) is 0 Å². The Morgan fingerprint density at radius 3 is 1.95 bits per heavy atom. The third-order valence-corrected chi connectivity index (χ3v) is 3.89. The monoisotopic (exact) mass is 292 g/mol. The van der Waals surface area contributed by atoms with Gasteiger partial charge in [-0.2, -0.15) is 0 Å². The van der Waals surface area contributed by atoms with E-state index in [1.54, 1.807) is 0 Å². The molecule has 0 saturated heterocycles. The van der Waals surface area contributed by atoms with E-state index in [1.165, 1.54) is 17.5 Å². The minimum atomic E-state index is 0.278. The molecule has 112 valence electrons. The number of hydrogen-bond donors (Lipinski definition) is 2. The maximum absolute atomic E-state index is 5.34. The van der Waals surface area contributed by atoms with Crippen molar-refractivity contribution in [1.82, 2.24) is 10.6 Å². The van der Waals surface area contributed by atoms with Gasteiger partial charge in [0, 0.05) is 6.04 Å². The average Bonchev–Trinajstić information content (AvgIpc) is 2.43. The molecule has 0 fully saturated rings. The van der Waals surface area contributed by atoms with E-state index in [2.05, 4.69) is 69.5 Å². The lowest BCUT2D eigenvalue weighted by Crippen LogP contribution is -2.40. The van der Waals surface area contributed by atoms with Crippen LogP contribution < -0.4 is 10.6 Å². The van der Waals surface area contributed by atoms with E-state index in [0.717, 1.165) is 11.5 Å². The smallest absolute Gasteiger partial charge is 0.166 e. The Morgan fingerprint density at radius 2 is 1.50 bits per heavy atom. The van der Waals surface area contributed by atoms with E-state index in [0.29, 0.717) is 12.0 Å². The standard InChI is InChI=1S/C17H28N2S/c1-6-13(5)14-8-10-15(11-9-14)16(7-2)19-17(20)18-12(3)4/h8-13,16H,6-7H2,1-5H3,(H2,18,19,20). The van der Waals surface area contributed by atoms with Gasteiger partial charge in [0.15, 0.2) is 5.11 Å². The molecule has 0 aromatic heterocycles. The van der Waals surface area contributed by atoms with Gasteiger partial charge < -0.3 is 10.6 Å². The highest BCUT2D eigenvalue weighted by atomic mass is 32.1. The highest BCUT2D eigenvalue weighted by molar-refractivity contribution is 7.80. The molecule has 1 aromatic rings. The van der Waals surface area contributed by atoms with Crippen molar-refractivity contribution >= 4 is 17.3 Å². The summed E-state index contributed by atoms with van der Waals surface area (Å²) >= 11 is 5.34. The third-order valence-electron chi connectivity index (χ3n) is 3.65. The molecule has 1 aromatic carbocycles. The topological polar surface area (TPSA) is 24.1 Å². The Kier molecular flexibility index (Phi) is 7.00. The van der Waals surface area contributed by atoms with Crippen LogP contribution in [0.4, 0.5) is 0 Å². The predicted molar refractivity (Wildman–Crippen MR) is 92.2 cm³/mol. The lowest BCUT2D eigenvalue weighted by molar-refractivity contribution is 0.604. The summed E-state index contributed by atoms with van der Waals surface area (Å²) in [4.78, 5) is 0. The van der Waals surface area contributed by atoms with Gasteiger partial charge in [0.25, 0.3) is 0 Å². The minimum Gasteiger partial charge on any atom is -0.361 e. The molecule has 0 aliphatic rings. The Bertz CT molecular complexity index is 412. The zero-order valence-electron chi connectivity index (χ0n) is 13.4. The van der Waals surface area contributed by atoms with E-state index in [4.69, 9.17) is 12.2 Å². The summed E-state index contributed by atoms with van der Waals surface area (Å²) in [6.07, 6.45) is 2.19. The van der Waals surface area contributed by atoms with Crippen LogP contribution in [0.25, 0.3) is 0 Å². The van der Waals surface area contributed by atoms with Crippen molar-refractivity contribution in [3.05, 3.63) is 35.4 Å². The van der Waals surface area contributed by atoms with Crippen molar-refractivity contribution in [1.29, 1.82) is 0 Å². The Hall–Kier alpha value is -1.09. The average molecular weight is 292 g/mol. The van der Waals surface area contributed by atoms with E-state index >= 15 is 0 Å². The summed E-state index contributed by atoms with van der Waals surface area (Å²) in [7, 11) is 0. The molecular weight excluding hydrogens is 264 g/mol. The molecule has 0 aliphatic carbocycles. The molecule has 2 atom stereocenters. The molecule has 20 heavy (non-hydrogen) atoms. The number of hydrogen-bond acceptors (Lipinski definition) is 1. The first-order valence-corrected chi connectivity index (χ1v) is 8.05. The minimum absolute atomic E-state index is 0.278. The normalized spacial score (nSPS) is 13.9. The predicted octanol–water partition coefficient (Wildman–Crippen LogP) is 4.52. The van der Waals surface area contributed by atoms with Crippen LogP contribution in [0.15, 0.2) is 24.3 Å². The second-order valence-corrected chi connectivity index (χ2v) is 6.12. The second kappa shape index (κ2) is 8.25. The maximum atomic E-state index is 5.34. The molecule has 0 radical (unpaired) electrons. The molecule has 0 spiro atoms. The van der Waals surface area contributed by atoms with Crippen molar-refractivity contribution in [3.63, 3.8) is 0 Å². The highest BCUT2D eigenvalue weighted by Crippen LogP contribution is 2.22. The van der Waals surface area contributed by atoms with E-state index in [9.17, 15) is 0 Å². The fraction of sp³-hybridized carbons (Fsp3) is 0.588. The highest BCUT2D eigenvalue weighted by Gasteiger charge is 2.11. The number of thiocarbonyl (C=S) groups is 1. The van der Waals surface area contributed by atoms with Crippen LogP contribution in [0.2, 0.25) is 0 Å². The molecule has 2 N–H and O–H groups in total. The molecule has 1 rings (SSSR count). The zero-order chi connectivity index (χ0) is 15.1. The largest absolute Gasteiger partial charge is 0.361 e. The summed E-state index contributed by atoms with van der Waals surface area (Å²) in [6, 6.07) is 9.57. The molecule has 0 aliphatic heterocycles. The van der Waals surface area contributed by atoms with Gasteiger partial charge in [-0.15, -0.1) is 0 Å². The van der Waals surface area contributed by atoms with Gasteiger partial charge in [-0.25, -0.2) is 0 Å². The van der Waals surface area contributed by atoms with E-state index in [-0.39, 0.29) is 6.04 Å². The first-order chi connectivity index (χ1) is 9.47. The first kappa shape index (κ1) is 17.0. The maximum Gasteiger partial charge on any atom is 0.166 e. The third kappa shape index (κ3) is 5.12. The Morgan fingerprint density at radius 1 is 0.950 bits per heavy atom. The van der Waals surface area contributed by atoms with Gasteiger partial charge in [0.2, 0.25) is 0 Å². The summed E-state index contributed by atoms with van der Waals surface area (Å²) in [5, 5.41) is 7.37. The SMILES string of the molecule is CCC(C)c1ccc(C(CC)NC(=S)NC(C)C)cc1. The first-order valence-electron chi connectivity index (χ1n) is 7.64. The molecule has 2 nitrogen and oxygen atoms in total. The van der Waals surface area contributed by atoms with Crippen LogP contribution in [0, 0.1) is 0 Å². The summed E-state index contributed by atoms with van der Waals surface area (Å²) < 4.78 is 0. The van der Waals surface area contributed by atoms with Crippen molar-refractivity contribution in [2.45, 2.75) is 65.5 Å². The van der Waals surface area contributed by atoms with Crippen molar-refractivity contribution < 1.29 is 0 Å². The molecule has 0 bridgehead atoms. The lowest BCUT2D eigenvalue weighted by atomic mass is 9.95. The van der Waals surface area contributed by atoms with Crippen molar-refractivity contribution in [2.75, 3.05) is 0 Å². The summed E-state index contributed by atoms with van der Waals surface area (Å²) in [5.41, 5.74) is 2.71. The Labute approximate surface area is 129 Å². The van der Waals surface area contributed by atoms with Crippen LogP contribution >= 0.6 is 12.2 Å². The van der Waals surface area contributed by atoms with Crippen LogP contribution in [0.1, 0.15) is 70.5 Å². The fourth-order valence-electron chi connectivity index (χ4n) is 2.18. The summed E-state index contributed by atoms with van der Waals surface area (Å²) in [5.74, 6) is 0.626. The van der Waals surface area contributed by atoms with Gasteiger partial charge >= 0.3 is 0 Å². The van der Waals surface area contributed by atoms with E-state index in [1.807, 2.05) is 0 Å². The van der Waals surface area contributed by atoms with Gasteiger partial charge in [-0.05, 0) is 56.0 Å². The van der Waals surface area contributed by atoms with Gasteiger partial charge in [0.05, 0.1) is 6.04 Å². The summed E-state index contributed by atoms with van der Waals surface area (Å²) in [6.45, 7) is 10.9. The quantitative estimate of drug-likeness (QED) is 0.754.